The van der Waals surface area contributed by atoms with Crippen LogP contribution in [0.15, 0.2) is 65.6 Å². The van der Waals surface area contributed by atoms with E-state index in [2.05, 4.69) is 5.32 Å². The second-order valence-electron chi connectivity index (χ2n) is 7.16. The van der Waals surface area contributed by atoms with Crippen molar-refractivity contribution in [3.05, 3.63) is 71.2 Å². The van der Waals surface area contributed by atoms with E-state index in [1.807, 2.05) is 42.5 Å². The van der Waals surface area contributed by atoms with Crippen LogP contribution in [0, 0.1) is 0 Å². The van der Waals surface area contributed by atoms with Gasteiger partial charge in [0.1, 0.15) is 4.90 Å². The van der Waals surface area contributed by atoms with Crippen molar-refractivity contribution in [1.82, 2.24) is 4.31 Å². The molecule has 3 aromatic rings. The maximum atomic E-state index is 12.8. The Labute approximate surface area is 175 Å². The highest BCUT2D eigenvalue weighted by molar-refractivity contribution is 7.89. The zero-order valence-corrected chi connectivity index (χ0v) is 17.3. The Hall–Kier alpha value is -2.41. The minimum absolute atomic E-state index is 0.0320. The van der Waals surface area contributed by atoms with Crippen LogP contribution in [-0.2, 0) is 21.2 Å². The van der Waals surface area contributed by atoms with Gasteiger partial charge in [0, 0.05) is 18.8 Å². The van der Waals surface area contributed by atoms with Crippen molar-refractivity contribution in [2.45, 2.75) is 24.2 Å². The normalized spacial score (nSPS) is 14.9. The van der Waals surface area contributed by atoms with Gasteiger partial charge in [-0.15, -0.1) is 0 Å². The Morgan fingerprint density at radius 3 is 2.45 bits per heavy atom. The van der Waals surface area contributed by atoms with E-state index >= 15 is 0 Å². The summed E-state index contributed by atoms with van der Waals surface area (Å²) in [6.07, 6.45) is 1.89. The van der Waals surface area contributed by atoms with Crippen LogP contribution in [0.25, 0.3) is 10.8 Å². The molecular weight excluding hydrogens is 408 g/mol. The van der Waals surface area contributed by atoms with Gasteiger partial charge in [0.15, 0.2) is 0 Å². The van der Waals surface area contributed by atoms with Crippen LogP contribution >= 0.6 is 11.6 Å². The van der Waals surface area contributed by atoms with E-state index in [-0.39, 0.29) is 22.2 Å². The van der Waals surface area contributed by atoms with Crippen LogP contribution in [0.5, 0.6) is 0 Å². The molecule has 0 unspecified atom stereocenters. The van der Waals surface area contributed by atoms with Crippen molar-refractivity contribution in [2.75, 3.05) is 18.4 Å². The van der Waals surface area contributed by atoms with Crippen LogP contribution in [0.4, 0.5) is 5.69 Å². The van der Waals surface area contributed by atoms with E-state index in [1.165, 1.54) is 16.4 Å². The Bertz CT molecular complexity index is 1170. The van der Waals surface area contributed by atoms with Gasteiger partial charge in [-0.2, -0.15) is 4.31 Å². The number of fused-ring (bicyclic) bond motifs is 1. The average Bonchev–Trinajstić information content (AvgIpc) is 3.25. The molecule has 29 heavy (non-hydrogen) atoms. The first kappa shape index (κ1) is 19.9. The van der Waals surface area contributed by atoms with Gasteiger partial charge in [0.05, 0.1) is 11.4 Å². The Morgan fingerprint density at radius 1 is 0.966 bits per heavy atom. The zero-order valence-electron chi connectivity index (χ0n) is 15.8. The molecule has 0 spiro atoms. The lowest BCUT2D eigenvalue weighted by atomic mass is 10.0. The quantitative estimate of drug-likeness (QED) is 0.652. The molecule has 150 valence electrons. The number of benzene rings is 3. The SMILES string of the molecule is O=C(Cc1ccc2ccccc2c1)Nc1ccc(Cl)c(S(=O)(=O)N2CCCC2)c1. The minimum atomic E-state index is -3.66. The van der Waals surface area contributed by atoms with Crippen LogP contribution < -0.4 is 5.32 Å². The van der Waals surface area contributed by atoms with Crippen molar-refractivity contribution >= 4 is 44.0 Å². The van der Waals surface area contributed by atoms with Gasteiger partial charge in [-0.1, -0.05) is 54.1 Å². The molecule has 0 aromatic heterocycles. The molecule has 1 saturated heterocycles. The van der Waals surface area contributed by atoms with Crippen LogP contribution in [0.1, 0.15) is 18.4 Å². The first-order chi connectivity index (χ1) is 13.9. The van der Waals surface area contributed by atoms with Gasteiger partial charge in [-0.25, -0.2) is 8.42 Å². The molecule has 1 amide bonds. The molecule has 1 aliphatic rings. The van der Waals surface area contributed by atoms with Crippen LogP contribution in [-0.4, -0.2) is 31.7 Å². The van der Waals surface area contributed by atoms with E-state index in [1.54, 1.807) is 6.07 Å². The van der Waals surface area contributed by atoms with E-state index < -0.39 is 10.0 Å². The average molecular weight is 429 g/mol. The summed E-state index contributed by atoms with van der Waals surface area (Å²) >= 11 is 6.16. The van der Waals surface area contributed by atoms with Crippen molar-refractivity contribution in [3.63, 3.8) is 0 Å². The van der Waals surface area contributed by atoms with Gasteiger partial charge in [0.2, 0.25) is 15.9 Å². The van der Waals surface area contributed by atoms with Gasteiger partial charge >= 0.3 is 0 Å². The standard InChI is InChI=1S/C22H21ClN2O3S/c23-20-10-9-19(15-21(20)29(27,28)25-11-3-4-12-25)24-22(26)14-16-7-8-17-5-1-2-6-18(17)13-16/h1-2,5-10,13,15H,3-4,11-12,14H2,(H,24,26). The fourth-order valence-electron chi connectivity index (χ4n) is 3.59. The number of hydrogen-bond donors (Lipinski definition) is 1. The number of amides is 1. The summed E-state index contributed by atoms with van der Waals surface area (Å²) in [7, 11) is -3.66. The summed E-state index contributed by atoms with van der Waals surface area (Å²) in [5.41, 5.74) is 1.30. The van der Waals surface area contributed by atoms with Gasteiger partial charge < -0.3 is 5.32 Å². The number of carbonyl (C=O) groups excluding carboxylic acids is 1. The predicted molar refractivity (Wildman–Crippen MR) is 116 cm³/mol. The highest BCUT2D eigenvalue weighted by Gasteiger charge is 2.29. The fraction of sp³-hybridized carbons (Fsp3) is 0.227. The molecule has 4 rings (SSSR count). The Balaban J connectivity index is 1.52. The molecule has 0 radical (unpaired) electrons. The second kappa shape index (κ2) is 8.14. The van der Waals surface area contributed by atoms with Crippen molar-refractivity contribution < 1.29 is 13.2 Å². The first-order valence-corrected chi connectivity index (χ1v) is 11.3. The molecule has 1 N–H and O–H groups in total. The summed E-state index contributed by atoms with van der Waals surface area (Å²) in [6, 6.07) is 18.4. The van der Waals surface area contributed by atoms with Crippen molar-refractivity contribution in [3.8, 4) is 0 Å². The predicted octanol–water partition coefficient (Wildman–Crippen LogP) is 4.46. The third-order valence-electron chi connectivity index (χ3n) is 5.08. The number of halogens is 1. The Morgan fingerprint density at radius 2 is 1.69 bits per heavy atom. The number of nitrogens with zero attached hydrogens (tertiary/aromatic N) is 1. The van der Waals surface area contributed by atoms with E-state index in [4.69, 9.17) is 11.6 Å². The summed E-state index contributed by atoms with van der Waals surface area (Å²) in [5.74, 6) is -0.216. The van der Waals surface area contributed by atoms with Crippen molar-refractivity contribution in [1.29, 1.82) is 0 Å². The third-order valence-corrected chi connectivity index (χ3v) is 7.46. The largest absolute Gasteiger partial charge is 0.326 e. The lowest BCUT2D eigenvalue weighted by molar-refractivity contribution is -0.115. The topological polar surface area (TPSA) is 66.5 Å². The van der Waals surface area contributed by atoms with Crippen molar-refractivity contribution in [2.24, 2.45) is 0 Å². The number of rotatable bonds is 5. The number of nitrogens with one attached hydrogen (secondary N) is 1. The van der Waals surface area contributed by atoms with E-state index in [0.717, 1.165) is 29.2 Å². The molecule has 1 fully saturated rings. The molecule has 7 heteroatoms. The molecule has 5 nitrogen and oxygen atoms in total. The maximum absolute atomic E-state index is 12.8. The maximum Gasteiger partial charge on any atom is 0.244 e. The first-order valence-electron chi connectivity index (χ1n) is 9.51. The fourth-order valence-corrected chi connectivity index (χ4v) is 5.60. The van der Waals surface area contributed by atoms with Crippen LogP contribution in [0.2, 0.25) is 5.02 Å². The van der Waals surface area contributed by atoms with Gasteiger partial charge in [0.25, 0.3) is 0 Å². The van der Waals surface area contributed by atoms with Crippen LogP contribution in [0.3, 0.4) is 0 Å². The highest BCUT2D eigenvalue weighted by Crippen LogP contribution is 2.29. The summed E-state index contributed by atoms with van der Waals surface area (Å²) in [5, 5.41) is 5.13. The third kappa shape index (κ3) is 4.29. The zero-order chi connectivity index (χ0) is 20.4. The van der Waals surface area contributed by atoms with E-state index in [0.29, 0.717) is 18.8 Å². The summed E-state index contributed by atoms with van der Waals surface area (Å²) in [4.78, 5) is 12.5. The number of hydrogen-bond acceptors (Lipinski definition) is 3. The lowest BCUT2D eigenvalue weighted by Crippen LogP contribution is -2.28. The van der Waals surface area contributed by atoms with Gasteiger partial charge in [-0.3, -0.25) is 4.79 Å². The summed E-state index contributed by atoms with van der Waals surface area (Å²) in [6.45, 7) is 0.994. The molecule has 0 aliphatic carbocycles. The van der Waals surface area contributed by atoms with Gasteiger partial charge in [-0.05, 0) is 47.4 Å². The summed E-state index contributed by atoms with van der Waals surface area (Å²) < 4.78 is 27.1. The number of anilines is 1. The second-order valence-corrected chi connectivity index (χ2v) is 9.48. The molecule has 0 atom stereocenters. The number of sulfonamides is 1. The molecular formula is C22H21ClN2O3S. The molecule has 1 heterocycles. The molecule has 1 aliphatic heterocycles. The Kier molecular flexibility index (Phi) is 5.58. The molecule has 0 saturated carbocycles. The molecule has 3 aromatic carbocycles. The monoisotopic (exact) mass is 428 g/mol. The number of carbonyl (C=O) groups is 1. The highest BCUT2D eigenvalue weighted by atomic mass is 35.5. The van der Waals surface area contributed by atoms with E-state index in [9.17, 15) is 13.2 Å². The lowest BCUT2D eigenvalue weighted by Gasteiger charge is -2.17. The molecule has 0 bridgehead atoms. The minimum Gasteiger partial charge on any atom is -0.326 e. The smallest absolute Gasteiger partial charge is 0.244 e.